The SMILES string of the molecule is CC(C)c1cc(C#N)c[n+]([O-])c1. The van der Waals surface area contributed by atoms with E-state index in [1.54, 1.807) is 6.07 Å². The van der Waals surface area contributed by atoms with E-state index in [-0.39, 0.29) is 5.92 Å². The predicted octanol–water partition coefficient (Wildman–Crippen LogP) is 1.32. The molecule has 0 amide bonds. The highest BCUT2D eigenvalue weighted by molar-refractivity contribution is 5.28. The molecule has 0 aromatic carbocycles. The zero-order valence-corrected chi connectivity index (χ0v) is 7.11. The molecule has 0 unspecified atom stereocenters. The molecule has 1 heterocycles. The van der Waals surface area contributed by atoms with Crippen molar-refractivity contribution >= 4 is 0 Å². The number of hydrogen-bond donors (Lipinski definition) is 0. The summed E-state index contributed by atoms with van der Waals surface area (Å²) in [6.07, 6.45) is 2.76. The number of pyridine rings is 1. The summed E-state index contributed by atoms with van der Waals surface area (Å²) in [7, 11) is 0. The van der Waals surface area contributed by atoms with Gasteiger partial charge in [0, 0.05) is 5.56 Å². The highest BCUT2D eigenvalue weighted by Crippen LogP contribution is 2.12. The summed E-state index contributed by atoms with van der Waals surface area (Å²) in [4.78, 5) is 0. The minimum Gasteiger partial charge on any atom is -0.619 e. The second-order valence-corrected chi connectivity index (χ2v) is 2.98. The van der Waals surface area contributed by atoms with Crippen LogP contribution < -0.4 is 4.73 Å². The van der Waals surface area contributed by atoms with Crippen LogP contribution in [0.1, 0.15) is 30.9 Å². The molecule has 0 saturated carbocycles. The first-order chi connectivity index (χ1) is 5.63. The summed E-state index contributed by atoms with van der Waals surface area (Å²) in [6, 6.07) is 3.68. The van der Waals surface area contributed by atoms with E-state index < -0.39 is 0 Å². The summed E-state index contributed by atoms with van der Waals surface area (Å²) in [5, 5.41) is 19.5. The molecule has 0 radical (unpaired) electrons. The van der Waals surface area contributed by atoms with Gasteiger partial charge in [0.15, 0.2) is 12.4 Å². The quantitative estimate of drug-likeness (QED) is 0.462. The van der Waals surface area contributed by atoms with Gasteiger partial charge >= 0.3 is 0 Å². The topological polar surface area (TPSA) is 50.7 Å². The van der Waals surface area contributed by atoms with E-state index in [2.05, 4.69) is 0 Å². The van der Waals surface area contributed by atoms with Crippen molar-refractivity contribution in [3.8, 4) is 6.07 Å². The van der Waals surface area contributed by atoms with Crippen LogP contribution in [0.15, 0.2) is 18.5 Å². The van der Waals surface area contributed by atoms with Crippen LogP contribution in [0.4, 0.5) is 0 Å². The van der Waals surface area contributed by atoms with Crippen molar-refractivity contribution < 1.29 is 4.73 Å². The Bertz CT molecular complexity index is 326. The van der Waals surface area contributed by atoms with Gasteiger partial charge in [-0.2, -0.15) is 9.99 Å². The van der Waals surface area contributed by atoms with Gasteiger partial charge in [-0.05, 0) is 12.0 Å². The monoisotopic (exact) mass is 162 g/mol. The summed E-state index contributed by atoms with van der Waals surface area (Å²) in [6.45, 7) is 3.97. The molecule has 0 saturated heterocycles. The molecule has 0 aliphatic heterocycles. The third-order valence-corrected chi connectivity index (χ3v) is 1.66. The maximum atomic E-state index is 10.9. The lowest BCUT2D eigenvalue weighted by Gasteiger charge is -2.04. The van der Waals surface area contributed by atoms with Crippen molar-refractivity contribution in [1.82, 2.24) is 0 Å². The molecule has 62 valence electrons. The van der Waals surface area contributed by atoms with Gasteiger partial charge in [-0.15, -0.1) is 0 Å². The van der Waals surface area contributed by atoms with Crippen LogP contribution >= 0.6 is 0 Å². The van der Waals surface area contributed by atoms with Crippen LogP contribution in [0.2, 0.25) is 0 Å². The minimum atomic E-state index is 0.276. The molecule has 3 heteroatoms. The van der Waals surface area contributed by atoms with Crippen LogP contribution in [0.3, 0.4) is 0 Å². The molecule has 12 heavy (non-hydrogen) atoms. The molecule has 1 aromatic rings. The fraction of sp³-hybridized carbons (Fsp3) is 0.333. The van der Waals surface area contributed by atoms with Crippen molar-refractivity contribution in [2.45, 2.75) is 19.8 Å². The Morgan fingerprint density at radius 3 is 2.67 bits per heavy atom. The van der Waals surface area contributed by atoms with Gasteiger partial charge in [0.05, 0.1) is 0 Å². The Labute approximate surface area is 71.5 Å². The van der Waals surface area contributed by atoms with Gasteiger partial charge in [-0.1, -0.05) is 13.8 Å². The van der Waals surface area contributed by atoms with Crippen LogP contribution in [0.5, 0.6) is 0 Å². The van der Waals surface area contributed by atoms with Gasteiger partial charge in [-0.3, -0.25) is 0 Å². The van der Waals surface area contributed by atoms with Crippen LogP contribution in [0, 0.1) is 16.5 Å². The summed E-state index contributed by atoms with van der Waals surface area (Å²) in [5.74, 6) is 0.276. The van der Waals surface area contributed by atoms with Gasteiger partial charge in [0.1, 0.15) is 11.6 Å². The maximum absolute atomic E-state index is 10.9. The normalized spacial score (nSPS) is 9.83. The molecule has 0 aliphatic rings. The van der Waals surface area contributed by atoms with Crippen LogP contribution in [0.25, 0.3) is 0 Å². The number of aromatic nitrogens is 1. The van der Waals surface area contributed by atoms with Crippen molar-refractivity contribution in [2.24, 2.45) is 0 Å². The first kappa shape index (κ1) is 8.54. The highest BCUT2D eigenvalue weighted by Gasteiger charge is 2.05. The Morgan fingerprint density at radius 1 is 1.50 bits per heavy atom. The second-order valence-electron chi connectivity index (χ2n) is 2.98. The number of rotatable bonds is 1. The Hall–Kier alpha value is -1.56. The fourth-order valence-electron chi connectivity index (χ4n) is 0.952. The van der Waals surface area contributed by atoms with E-state index in [4.69, 9.17) is 5.26 Å². The Balaban J connectivity index is 3.17. The van der Waals surface area contributed by atoms with E-state index in [0.29, 0.717) is 10.3 Å². The van der Waals surface area contributed by atoms with E-state index in [0.717, 1.165) is 5.56 Å². The molecule has 0 spiro atoms. The molecule has 0 bridgehead atoms. The molecule has 1 rings (SSSR count). The first-order valence-corrected chi connectivity index (χ1v) is 3.77. The third-order valence-electron chi connectivity index (χ3n) is 1.66. The van der Waals surface area contributed by atoms with E-state index >= 15 is 0 Å². The number of hydrogen-bond acceptors (Lipinski definition) is 2. The number of nitrogens with zero attached hydrogens (tertiary/aromatic N) is 2. The van der Waals surface area contributed by atoms with Crippen molar-refractivity contribution in [3.63, 3.8) is 0 Å². The first-order valence-electron chi connectivity index (χ1n) is 3.77. The molecule has 3 nitrogen and oxygen atoms in total. The number of nitriles is 1. The van der Waals surface area contributed by atoms with Gasteiger partial charge < -0.3 is 5.21 Å². The lowest BCUT2D eigenvalue weighted by Crippen LogP contribution is -2.26. The molecular formula is C9H10N2O. The third kappa shape index (κ3) is 1.73. The van der Waals surface area contributed by atoms with Crippen LogP contribution in [-0.4, -0.2) is 0 Å². The highest BCUT2D eigenvalue weighted by atomic mass is 16.5. The fourth-order valence-corrected chi connectivity index (χ4v) is 0.952. The standard InChI is InChI=1S/C9H10N2O/c1-7(2)9-3-8(4-10)5-11(12)6-9/h3,5-7H,1-2H3. The molecule has 0 N–H and O–H groups in total. The Morgan fingerprint density at radius 2 is 2.17 bits per heavy atom. The van der Waals surface area contributed by atoms with Crippen molar-refractivity contribution in [2.75, 3.05) is 0 Å². The van der Waals surface area contributed by atoms with Gasteiger partial charge in [0.2, 0.25) is 0 Å². The maximum Gasteiger partial charge on any atom is 0.198 e. The molecule has 0 fully saturated rings. The largest absolute Gasteiger partial charge is 0.619 e. The minimum absolute atomic E-state index is 0.276. The predicted molar refractivity (Wildman–Crippen MR) is 44.2 cm³/mol. The smallest absolute Gasteiger partial charge is 0.198 e. The van der Waals surface area contributed by atoms with E-state index in [9.17, 15) is 5.21 Å². The second kappa shape index (κ2) is 3.22. The zero-order valence-electron chi connectivity index (χ0n) is 7.11. The zero-order chi connectivity index (χ0) is 9.14. The summed E-state index contributed by atoms with van der Waals surface area (Å²) in [5.41, 5.74) is 1.31. The van der Waals surface area contributed by atoms with Crippen molar-refractivity contribution in [1.29, 1.82) is 5.26 Å². The average Bonchev–Trinajstić information content (AvgIpc) is 2.03. The van der Waals surface area contributed by atoms with Crippen molar-refractivity contribution in [3.05, 3.63) is 34.8 Å². The molecule has 0 aliphatic carbocycles. The van der Waals surface area contributed by atoms with E-state index in [1.165, 1.54) is 12.4 Å². The molecule has 0 atom stereocenters. The molecular weight excluding hydrogens is 152 g/mol. The van der Waals surface area contributed by atoms with Gasteiger partial charge in [-0.25, -0.2) is 0 Å². The molecule has 1 aromatic heterocycles. The van der Waals surface area contributed by atoms with Crippen LogP contribution in [-0.2, 0) is 0 Å². The van der Waals surface area contributed by atoms with E-state index in [1.807, 2.05) is 19.9 Å². The summed E-state index contributed by atoms with van der Waals surface area (Å²) < 4.78 is 0.674. The lowest BCUT2D eigenvalue weighted by atomic mass is 10.0. The average molecular weight is 162 g/mol. The lowest BCUT2D eigenvalue weighted by molar-refractivity contribution is -0.606. The summed E-state index contributed by atoms with van der Waals surface area (Å²) >= 11 is 0. The Kier molecular flexibility index (Phi) is 2.29. The van der Waals surface area contributed by atoms with Gasteiger partial charge in [0.25, 0.3) is 0 Å².